The Hall–Kier alpha value is -2.86. The van der Waals surface area contributed by atoms with E-state index in [1.165, 1.54) is 5.56 Å². The molecule has 1 atom stereocenters. The molecule has 0 bridgehead atoms. The van der Waals surface area contributed by atoms with Gasteiger partial charge in [-0.05, 0) is 62.3 Å². The number of carbonyl (C=O) groups is 1. The fourth-order valence-corrected chi connectivity index (χ4v) is 3.42. The Labute approximate surface area is 164 Å². The van der Waals surface area contributed by atoms with Crippen molar-refractivity contribution in [2.75, 3.05) is 12.4 Å². The fourth-order valence-electron chi connectivity index (χ4n) is 3.15. The molecule has 2 aromatic carbocycles. The van der Waals surface area contributed by atoms with Gasteiger partial charge in [0.25, 0.3) is 5.91 Å². The Morgan fingerprint density at radius 1 is 1.11 bits per heavy atom. The van der Waals surface area contributed by atoms with Crippen LogP contribution in [0.5, 0.6) is 5.75 Å². The quantitative estimate of drug-likeness (QED) is 0.704. The highest BCUT2D eigenvalue weighted by Crippen LogP contribution is 2.33. The van der Waals surface area contributed by atoms with Gasteiger partial charge in [-0.3, -0.25) is 4.79 Å². The SMILES string of the molecule is COc1ccccc1[C@H]1NC(=S)NC(C)=C1C(=O)Nc1ccc(C)c(C)c1. The average molecular weight is 382 g/mol. The summed E-state index contributed by atoms with van der Waals surface area (Å²) >= 11 is 5.31. The van der Waals surface area contributed by atoms with Gasteiger partial charge < -0.3 is 20.7 Å². The standard InChI is InChI=1S/C21H23N3O2S/c1-12-9-10-15(11-13(12)2)23-20(25)18-14(3)22-21(27)24-19(18)16-7-5-6-8-17(16)26-4/h5-11,19H,1-4H3,(H,23,25)(H2,22,24,27)/t19-/m1/s1. The fraction of sp³-hybridized carbons (Fsp3) is 0.238. The maximum atomic E-state index is 13.1. The Morgan fingerprint density at radius 3 is 2.56 bits per heavy atom. The number of thiocarbonyl (C=S) groups is 1. The number of anilines is 1. The predicted octanol–water partition coefficient (Wildman–Crippen LogP) is 3.74. The summed E-state index contributed by atoms with van der Waals surface area (Å²) in [5.74, 6) is 0.512. The van der Waals surface area contributed by atoms with Gasteiger partial charge in [0.05, 0.1) is 18.7 Å². The Bertz CT molecular complexity index is 937. The first kappa shape index (κ1) is 18.9. The van der Waals surface area contributed by atoms with Gasteiger partial charge in [0.15, 0.2) is 5.11 Å². The van der Waals surface area contributed by atoms with E-state index in [-0.39, 0.29) is 5.91 Å². The monoisotopic (exact) mass is 381 g/mol. The van der Waals surface area contributed by atoms with Crippen molar-refractivity contribution in [2.45, 2.75) is 26.8 Å². The first-order chi connectivity index (χ1) is 12.9. The molecule has 2 aromatic rings. The molecule has 0 aromatic heterocycles. The molecule has 0 saturated heterocycles. The zero-order chi connectivity index (χ0) is 19.6. The number of amides is 1. The van der Waals surface area contributed by atoms with E-state index in [0.29, 0.717) is 16.4 Å². The Morgan fingerprint density at radius 2 is 1.85 bits per heavy atom. The van der Waals surface area contributed by atoms with Gasteiger partial charge >= 0.3 is 0 Å². The number of carbonyl (C=O) groups excluding carboxylic acids is 1. The summed E-state index contributed by atoms with van der Waals surface area (Å²) in [6.07, 6.45) is 0. The van der Waals surface area contributed by atoms with E-state index in [2.05, 4.69) is 16.0 Å². The van der Waals surface area contributed by atoms with Gasteiger partial charge in [0.1, 0.15) is 5.75 Å². The third-order valence-electron chi connectivity index (χ3n) is 4.73. The first-order valence-corrected chi connectivity index (χ1v) is 9.11. The molecule has 27 heavy (non-hydrogen) atoms. The Kier molecular flexibility index (Phi) is 5.46. The van der Waals surface area contributed by atoms with Crippen molar-refractivity contribution in [3.8, 4) is 5.75 Å². The summed E-state index contributed by atoms with van der Waals surface area (Å²) < 4.78 is 5.49. The number of allylic oxidation sites excluding steroid dienone is 1. The molecule has 6 heteroatoms. The predicted molar refractivity (Wildman–Crippen MR) is 112 cm³/mol. The second kappa shape index (κ2) is 7.80. The number of ether oxygens (including phenoxy) is 1. The molecule has 1 heterocycles. The van der Waals surface area contributed by atoms with E-state index in [1.807, 2.05) is 63.2 Å². The topological polar surface area (TPSA) is 62.4 Å². The van der Waals surface area contributed by atoms with E-state index < -0.39 is 6.04 Å². The molecule has 0 unspecified atom stereocenters. The van der Waals surface area contributed by atoms with E-state index >= 15 is 0 Å². The van der Waals surface area contributed by atoms with Crippen LogP contribution in [0, 0.1) is 13.8 Å². The number of hydrogen-bond donors (Lipinski definition) is 3. The largest absolute Gasteiger partial charge is 0.496 e. The molecule has 0 fully saturated rings. The molecule has 1 aliphatic heterocycles. The van der Waals surface area contributed by atoms with Crippen LogP contribution in [0.2, 0.25) is 0 Å². The number of para-hydroxylation sites is 1. The van der Waals surface area contributed by atoms with Gasteiger partial charge in [0.2, 0.25) is 0 Å². The minimum absolute atomic E-state index is 0.186. The third kappa shape index (κ3) is 3.95. The van der Waals surface area contributed by atoms with Crippen molar-refractivity contribution in [1.82, 2.24) is 10.6 Å². The first-order valence-electron chi connectivity index (χ1n) is 8.70. The molecule has 5 nitrogen and oxygen atoms in total. The molecule has 0 spiro atoms. The van der Waals surface area contributed by atoms with Crippen molar-refractivity contribution in [3.05, 3.63) is 70.4 Å². The van der Waals surface area contributed by atoms with Crippen LogP contribution in [0.1, 0.15) is 29.7 Å². The normalized spacial score (nSPS) is 16.4. The smallest absolute Gasteiger partial charge is 0.255 e. The molecular formula is C21H23N3O2S. The molecule has 1 amide bonds. The molecule has 1 aliphatic rings. The highest BCUT2D eigenvalue weighted by molar-refractivity contribution is 7.80. The molecule has 3 rings (SSSR count). The highest BCUT2D eigenvalue weighted by atomic mass is 32.1. The van der Waals surface area contributed by atoms with Gasteiger partial charge in [-0.15, -0.1) is 0 Å². The second-order valence-electron chi connectivity index (χ2n) is 6.57. The number of nitrogens with one attached hydrogen (secondary N) is 3. The summed E-state index contributed by atoms with van der Waals surface area (Å²) in [4.78, 5) is 13.1. The van der Waals surface area contributed by atoms with E-state index in [9.17, 15) is 4.79 Å². The zero-order valence-corrected chi connectivity index (χ0v) is 16.7. The lowest BCUT2D eigenvalue weighted by molar-refractivity contribution is -0.113. The average Bonchev–Trinajstić information content (AvgIpc) is 2.64. The van der Waals surface area contributed by atoms with Crippen LogP contribution in [-0.4, -0.2) is 18.1 Å². The molecular weight excluding hydrogens is 358 g/mol. The number of benzene rings is 2. The van der Waals surface area contributed by atoms with Crippen molar-refractivity contribution in [3.63, 3.8) is 0 Å². The Balaban J connectivity index is 1.98. The second-order valence-corrected chi connectivity index (χ2v) is 6.97. The van der Waals surface area contributed by atoms with Gasteiger partial charge in [0, 0.05) is 16.9 Å². The van der Waals surface area contributed by atoms with Crippen LogP contribution < -0.4 is 20.7 Å². The minimum Gasteiger partial charge on any atom is -0.496 e. The van der Waals surface area contributed by atoms with Crippen LogP contribution in [-0.2, 0) is 4.79 Å². The van der Waals surface area contributed by atoms with Gasteiger partial charge in [-0.2, -0.15) is 0 Å². The third-order valence-corrected chi connectivity index (χ3v) is 4.95. The van der Waals surface area contributed by atoms with Gasteiger partial charge in [-0.1, -0.05) is 24.3 Å². The molecule has 0 radical (unpaired) electrons. The lowest BCUT2D eigenvalue weighted by Crippen LogP contribution is -2.45. The lowest BCUT2D eigenvalue weighted by Gasteiger charge is -2.31. The maximum Gasteiger partial charge on any atom is 0.255 e. The summed E-state index contributed by atoms with van der Waals surface area (Å²) in [6, 6.07) is 13.1. The molecule has 3 N–H and O–H groups in total. The van der Waals surface area contributed by atoms with Crippen LogP contribution in [0.15, 0.2) is 53.7 Å². The number of aryl methyl sites for hydroxylation is 2. The zero-order valence-electron chi connectivity index (χ0n) is 15.8. The number of rotatable bonds is 4. The van der Waals surface area contributed by atoms with E-state index in [1.54, 1.807) is 7.11 Å². The lowest BCUT2D eigenvalue weighted by atomic mass is 9.94. The summed E-state index contributed by atoms with van der Waals surface area (Å²) in [7, 11) is 1.61. The summed E-state index contributed by atoms with van der Waals surface area (Å²) in [5, 5.41) is 9.73. The van der Waals surface area contributed by atoms with Crippen molar-refractivity contribution < 1.29 is 9.53 Å². The van der Waals surface area contributed by atoms with Crippen molar-refractivity contribution in [1.29, 1.82) is 0 Å². The number of hydrogen-bond acceptors (Lipinski definition) is 3. The van der Waals surface area contributed by atoms with E-state index in [0.717, 1.165) is 22.5 Å². The van der Waals surface area contributed by atoms with Crippen molar-refractivity contribution in [2.24, 2.45) is 0 Å². The minimum atomic E-state index is -0.401. The summed E-state index contributed by atoms with van der Waals surface area (Å²) in [5.41, 5.74) is 5.22. The molecule has 0 aliphatic carbocycles. The van der Waals surface area contributed by atoms with Gasteiger partial charge in [-0.25, -0.2) is 0 Å². The van der Waals surface area contributed by atoms with Crippen LogP contribution in [0.4, 0.5) is 5.69 Å². The molecule has 140 valence electrons. The van der Waals surface area contributed by atoms with Crippen LogP contribution in [0.25, 0.3) is 0 Å². The highest BCUT2D eigenvalue weighted by Gasteiger charge is 2.31. The van der Waals surface area contributed by atoms with Crippen LogP contribution >= 0.6 is 12.2 Å². The number of methoxy groups -OCH3 is 1. The van der Waals surface area contributed by atoms with Crippen molar-refractivity contribution >= 4 is 28.9 Å². The van der Waals surface area contributed by atoms with E-state index in [4.69, 9.17) is 17.0 Å². The van der Waals surface area contributed by atoms with Crippen LogP contribution in [0.3, 0.4) is 0 Å². The maximum absolute atomic E-state index is 13.1. The molecule has 0 saturated carbocycles. The summed E-state index contributed by atoms with van der Waals surface area (Å²) in [6.45, 7) is 5.92.